The quantitative estimate of drug-likeness (QED) is 0.581. The molecule has 0 aliphatic heterocycles. The van der Waals surface area contributed by atoms with Gasteiger partial charge in [-0.3, -0.25) is 0 Å². The van der Waals surface area contributed by atoms with Crippen LogP contribution in [0, 0.1) is 0 Å². The molecule has 0 bridgehead atoms. The van der Waals surface area contributed by atoms with Gasteiger partial charge in [0, 0.05) is 0 Å². The summed E-state index contributed by atoms with van der Waals surface area (Å²) < 4.78 is 44.5. The summed E-state index contributed by atoms with van der Waals surface area (Å²) >= 11 is 6.06. The van der Waals surface area contributed by atoms with Gasteiger partial charge in [-0.2, -0.15) is 0 Å². The average molecular weight is 358 g/mol. The maximum atomic E-state index is 14.8. The number of nitrogens with zero attached hydrogens (tertiary/aromatic N) is 1. The molecule has 0 fully saturated rings. The van der Waals surface area contributed by atoms with Crippen molar-refractivity contribution in [3.63, 3.8) is 0 Å². The third-order valence-corrected chi connectivity index (χ3v) is 5.17. The summed E-state index contributed by atoms with van der Waals surface area (Å²) in [4.78, 5) is -0.127. The first-order valence-electron chi connectivity index (χ1n) is 6.91. The zero-order chi connectivity index (χ0) is 17.0. The maximum absolute atomic E-state index is 14.8. The second-order valence-corrected chi connectivity index (χ2v) is 7.41. The second-order valence-electron chi connectivity index (χ2n) is 4.96. The first-order chi connectivity index (χ1) is 10.9. The zero-order valence-corrected chi connectivity index (χ0v) is 14.3. The predicted octanol–water partition coefficient (Wildman–Crippen LogP) is 3.94. The van der Waals surface area contributed by atoms with Crippen LogP contribution in [0.15, 0.2) is 59.5 Å². The Morgan fingerprint density at radius 3 is 2.13 bits per heavy atom. The molecule has 2 aromatic rings. The van der Waals surface area contributed by atoms with Crippen molar-refractivity contribution in [1.29, 1.82) is 0 Å². The number of benzene rings is 2. The van der Waals surface area contributed by atoms with E-state index in [9.17, 15) is 12.9 Å². The summed E-state index contributed by atoms with van der Waals surface area (Å²) in [6.45, 7) is 1.55. The molecule has 0 saturated heterocycles. The Kier molecular flexibility index (Phi) is 5.62. The second kappa shape index (κ2) is 7.29. The van der Waals surface area contributed by atoms with Crippen molar-refractivity contribution < 1.29 is 17.6 Å². The molecule has 0 aromatic heterocycles. The van der Waals surface area contributed by atoms with Crippen LogP contribution in [-0.2, 0) is 10.0 Å². The lowest BCUT2D eigenvalue weighted by atomic mass is 10.1. The topological polar surface area (TPSA) is 46.6 Å². The molecule has 0 aliphatic rings. The normalized spacial score (nSPS) is 14.5. The third-order valence-electron chi connectivity index (χ3n) is 3.38. The summed E-state index contributed by atoms with van der Waals surface area (Å²) in [5.74, 6) is 0.589. The number of rotatable bonds is 6. The number of hydrogen-bond donors (Lipinski definition) is 0. The molecular formula is C16H17ClFNO3S. The van der Waals surface area contributed by atoms with Gasteiger partial charge in [-0.15, -0.1) is 16.1 Å². The summed E-state index contributed by atoms with van der Waals surface area (Å²) in [7, 11) is -2.78. The van der Waals surface area contributed by atoms with Gasteiger partial charge >= 0.3 is 0 Å². The lowest BCUT2D eigenvalue weighted by Gasteiger charge is -2.25. The van der Waals surface area contributed by atoms with E-state index in [0.717, 1.165) is 0 Å². The molecule has 124 valence electrons. The van der Waals surface area contributed by atoms with Crippen molar-refractivity contribution in [3.8, 4) is 5.75 Å². The van der Waals surface area contributed by atoms with Gasteiger partial charge in [0.2, 0.25) is 0 Å². The highest BCUT2D eigenvalue weighted by Gasteiger charge is 2.36. The van der Waals surface area contributed by atoms with Gasteiger partial charge < -0.3 is 4.74 Å². The number of methoxy groups -OCH3 is 1. The monoisotopic (exact) mass is 357 g/mol. The van der Waals surface area contributed by atoms with E-state index in [4.69, 9.17) is 16.3 Å². The molecule has 0 spiro atoms. The summed E-state index contributed by atoms with van der Waals surface area (Å²) in [5, 5.41) is -0.771. The predicted molar refractivity (Wildman–Crippen MR) is 87.6 cm³/mol. The molecule has 2 atom stereocenters. The van der Waals surface area contributed by atoms with E-state index in [2.05, 4.69) is 0 Å². The van der Waals surface area contributed by atoms with Gasteiger partial charge in [0.15, 0.2) is 0 Å². The van der Waals surface area contributed by atoms with Gasteiger partial charge in [-0.05, 0) is 41.3 Å². The highest BCUT2D eigenvalue weighted by molar-refractivity contribution is 7.89. The number of alkyl halides is 1. The SMILES string of the molecule is COc1ccc(C(C(C)Cl)N(F)S(=O)(=O)c2ccccc2)cc1. The summed E-state index contributed by atoms with van der Waals surface area (Å²) in [5.41, 5.74) is 0.440. The average Bonchev–Trinajstić information content (AvgIpc) is 2.56. The fraction of sp³-hybridized carbons (Fsp3) is 0.250. The minimum atomic E-state index is -4.30. The van der Waals surface area contributed by atoms with Crippen LogP contribution in [0.3, 0.4) is 0 Å². The van der Waals surface area contributed by atoms with E-state index in [1.165, 1.54) is 31.4 Å². The van der Waals surface area contributed by atoms with Crippen molar-refractivity contribution in [2.24, 2.45) is 0 Å². The van der Waals surface area contributed by atoms with Crippen LogP contribution in [0.1, 0.15) is 18.5 Å². The Balaban J connectivity index is 2.40. The lowest BCUT2D eigenvalue weighted by molar-refractivity contribution is 0.0832. The highest BCUT2D eigenvalue weighted by Crippen LogP contribution is 2.33. The molecule has 0 amide bonds. The van der Waals surface area contributed by atoms with Crippen molar-refractivity contribution >= 4 is 21.6 Å². The molecule has 23 heavy (non-hydrogen) atoms. The fourth-order valence-electron chi connectivity index (χ4n) is 2.19. The molecule has 0 saturated carbocycles. The van der Waals surface area contributed by atoms with Gasteiger partial charge in [0.25, 0.3) is 10.0 Å². The molecule has 0 aliphatic carbocycles. The van der Waals surface area contributed by atoms with Crippen molar-refractivity contribution in [1.82, 2.24) is 4.53 Å². The van der Waals surface area contributed by atoms with Gasteiger partial charge in [0.05, 0.1) is 23.4 Å². The minimum absolute atomic E-state index is 0.127. The van der Waals surface area contributed by atoms with E-state index in [1.54, 1.807) is 37.3 Å². The van der Waals surface area contributed by atoms with E-state index in [1.807, 2.05) is 0 Å². The lowest BCUT2D eigenvalue weighted by Crippen LogP contribution is -2.32. The molecule has 2 aromatic carbocycles. The van der Waals surface area contributed by atoms with Crippen LogP contribution in [0.2, 0.25) is 0 Å². The van der Waals surface area contributed by atoms with Crippen LogP contribution in [0.5, 0.6) is 5.75 Å². The zero-order valence-electron chi connectivity index (χ0n) is 12.7. The number of halogens is 2. The third kappa shape index (κ3) is 3.83. The largest absolute Gasteiger partial charge is 0.497 e. The van der Waals surface area contributed by atoms with Crippen LogP contribution in [0.4, 0.5) is 4.48 Å². The number of ether oxygens (including phenoxy) is 1. The Morgan fingerprint density at radius 2 is 1.65 bits per heavy atom. The van der Waals surface area contributed by atoms with E-state index >= 15 is 0 Å². The Hall–Kier alpha value is -1.63. The first kappa shape index (κ1) is 17.7. The minimum Gasteiger partial charge on any atom is -0.497 e. The molecule has 0 N–H and O–H groups in total. The standard InChI is InChI=1S/C16H17ClFNO3S/c1-12(17)16(13-8-10-14(22-2)11-9-13)19(18)23(20,21)15-6-4-3-5-7-15/h3-12,16H,1-2H3. The van der Waals surface area contributed by atoms with Crippen LogP contribution in [0.25, 0.3) is 0 Å². The maximum Gasteiger partial charge on any atom is 0.269 e. The first-order valence-corrected chi connectivity index (χ1v) is 8.79. The molecular weight excluding hydrogens is 341 g/mol. The van der Waals surface area contributed by atoms with Crippen LogP contribution >= 0.6 is 11.6 Å². The molecule has 7 heteroatoms. The van der Waals surface area contributed by atoms with E-state index < -0.39 is 21.4 Å². The van der Waals surface area contributed by atoms with Gasteiger partial charge in [-0.25, -0.2) is 8.42 Å². The highest BCUT2D eigenvalue weighted by atomic mass is 35.5. The van der Waals surface area contributed by atoms with Gasteiger partial charge in [-0.1, -0.05) is 30.3 Å². The van der Waals surface area contributed by atoms with Crippen LogP contribution in [-0.4, -0.2) is 25.4 Å². The number of hydrogen-bond acceptors (Lipinski definition) is 3. The molecule has 0 radical (unpaired) electrons. The smallest absolute Gasteiger partial charge is 0.269 e. The van der Waals surface area contributed by atoms with E-state index in [-0.39, 0.29) is 9.42 Å². The number of sulfonamides is 1. The molecule has 2 rings (SSSR count). The molecule has 4 nitrogen and oxygen atoms in total. The molecule has 0 heterocycles. The van der Waals surface area contributed by atoms with Crippen molar-refractivity contribution in [2.45, 2.75) is 23.2 Å². The summed E-state index contributed by atoms with van der Waals surface area (Å²) in [6, 6.07) is 12.7. The van der Waals surface area contributed by atoms with Crippen LogP contribution < -0.4 is 4.74 Å². The fourth-order valence-corrected chi connectivity index (χ4v) is 3.80. The van der Waals surface area contributed by atoms with E-state index in [0.29, 0.717) is 11.3 Å². The van der Waals surface area contributed by atoms with Crippen molar-refractivity contribution in [2.75, 3.05) is 7.11 Å². The van der Waals surface area contributed by atoms with Crippen molar-refractivity contribution in [3.05, 3.63) is 60.2 Å². The Labute approximate surface area is 140 Å². The molecule has 2 unspecified atom stereocenters. The Morgan fingerprint density at radius 1 is 1.09 bits per heavy atom. The summed E-state index contributed by atoms with van der Waals surface area (Å²) in [6.07, 6.45) is 0. The van der Waals surface area contributed by atoms with Gasteiger partial charge in [0.1, 0.15) is 5.75 Å². The Bertz CT molecular complexity index is 736.